The summed E-state index contributed by atoms with van der Waals surface area (Å²) in [5.74, 6) is 0.806. The van der Waals surface area contributed by atoms with Crippen LogP contribution in [0.4, 0.5) is 0 Å². The average molecular weight is 258 g/mol. The molecular formula is C14H30N2O2. The minimum absolute atomic E-state index is 0.529. The molecule has 0 saturated carbocycles. The van der Waals surface area contributed by atoms with Crippen molar-refractivity contribution in [2.24, 2.45) is 5.92 Å². The third-order valence-electron chi connectivity index (χ3n) is 3.66. The molecule has 0 radical (unpaired) electrons. The Bertz CT molecular complexity index is 208. The predicted octanol–water partition coefficient (Wildman–Crippen LogP) is 1.10. The normalized spacial score (nSPS) is 19.3. The van der Waals surface area contributed by atoms with Gasteiger partial charge in [0.05, 0.1) is 12.2 Å². The average Bonchev–Trinajstić information content (AvgIpc) is 2.33. The van der Waals surface area contributed by atoms with Crippen molar-refractivity contribution in [2.45, 2.75) is 38.7 Å². The van der Waals surface area contributed by atoms with Gasteiger partial charge in [-0.15, -0.1) is 0 Å². The van der Waals surface area contributed by atoms with Crippen LogP contribution in [-0.4, -0.2) is 62.0 Å². The molecule has 0 aliphatic carbocycles. The van der Waals surface area contributed by atoms with Crippen LogP contribution < -0.4 is 5.32 Å². The molecule has 2 N–H and O–H groups in total. The highest BCUT2D eigenvalue weighted by Crippen LogP contribution is 2.18. The molecule has 18 heavy (non-hydrogen) atoms. The number of rotatable bonds is 8. The Morgan fingerprint density at radius 1 is 1.33 bits per heavy atom. The van der Waals surface area contributed by atoms with Crippen molar-refractivity contribution in [3.8, 4) is 0 Å². The lowest BCUT2D eigenvalue weighted by Crippen LogP contribution is -2.39. The third kappa shape index (κ3) is 7.31. The molecule has 0 aromatic carbocycles. The Kier molecular flexibility index (Phi) is 7.15. The second kappa shape index (κ2) is 8.10. The maximum absolute atomic E-state index is 9.72. The molecule has 1 rings (SSSR count). The van der Waals surface area contributed by atoms with Crippen molar-refractivity contribution < 1.29 is 9.84 Å². The van der Waals surface area contributed by atoms with Crippen LogP contribution >= 0.6 is 0 Å². The van der Waals surface area contributed by atoms with Crippen molar-refractivity contribution in [3.05, 3.63) is 0 Å². The first-order valence-electron chi connectivity index (χ1n) is 7.15. The van der Waals surface area contributed by atoms with Crippen LogP contribution in [0.2, 0.25) is 0 Å². The largest absolute Gasteiger partial charge is 0.390 e. The number of methoxy groups -OCH3 is 1. The van der Waals surface area contributed by atoms with Gasteiger partial charge in [0.25, 0.3) is 0 Å². The van der Waals surface area contributed by atoms with Crippen molar-refractivity contribution in [3.63, 3.8) is 0 Å². The summed E-state index contributed by atoms with van der Waals surface area (Å²) in [6.45, 7) is 10.0. The number of hydrogen-bond acceptors (Lipinski definition) is 4. The Labute approximate surface area is 112 Å². The summed E-state index contributed by atoms with van der Waals surface area (Å²) in [5, 5.41) is 13.2. The van der Waals surface area contributed by atoms with Gasteiger partial charge in [-0.3, -0.25) is 0 Å². The van der Waals surface area contributed by atoms with Gasteiger partial charge in [0.2, 0.25) is 0 Å². The number of piperidine rings is 1. The van der Waals surface area contributed by atoms with Gasteiger partial charge in [-0.05, 0) is 58.7 Å². The van der Waals surface area contributed by atoms with Crippen molar-refractivity contribution in [2.75, 3.05) is 46.4 Å². The molecule has 0 aromatic heterocycles. The van der Waals surface area contributed by atoms with Gasteiger partial charge in [0.15, 0.2) is 0 Å². The van der Waals surface area contributed by atoms with E-state index in [1.807, 2.05) is 13.8 Å². The molecule has 1 fully saturated rings. The molecule has 0 bridgehead atoms. The van der Waals surface area contributed by atoms with E-state index in [4.69, 9.17) is 4.74 Å². The van der Waals surface area contributed by atoms with Gasteiger partial charge < -0.3 is 20.1 Å². The lowest BCUT2D eigenvalue weighted by Gasteiger charge is -2.33. The van der Waals surface area contributed by atoms with Crippen molar-refractivity contribution in [1.82, 2.24) is 10.2 Å². The zero-order chi connectivity index (χ0) is 13.4. The number of aliphatic hydroxyl groups is 1. The summed E-state index contributed by atoms with van der Waals surface area (Å²) < 4.78 is 5.02. The third-order valence-corrected chi connectivity index (χ3v) is 3.66. The molecule has 1 heterocycles. The monoisotopic (exact) mass is 258 g/mol. The highest BCUT2D eigenvalue weighted by molar-refractivity contribution is 4.76. The molecule has 1 aliphatic heterocycles. The Morgan fingerprint density at radius 3 is 2.56 bits per heavy atom. The second-order valence-electron chi connectivity index (χ2n) is 6.04. The zero-order valence-corrected chi connectivity index (χ0v) is 12.2. The lowest BCUT2D eigenvalue weighted by molar-refractivity contribution is 0.0520. The Hall–Kier alpha value is -0.160. The number of hydrogen-bond donors (Lipinski definition) is 2. The van der Waals surface area contributed by atoms with E-state index >= 15 is 0 Å². The van der Waals surface area contributed by atoms with Gasteiger partial charge in [-0.25, -0.2) is 0 Å². The highest BCUT2D eigenvalue weighted by Gasteiger charge is 2.20. The van der Waals surface area contributed by atoms with Gasteiger partial charge in [-0.2, -0.15) is 0 Å². The number of ether oxygens (including phenoxy) is 1. The summed E-state index contributed by atoms with van der Waals surface area (Å²) in [6, 6.07) is 0. The predicted molar refractivity (Wildman–Crippen MR) is 74.8 cm³/mol. The molecule has 108 valence electrons. The quantitative estimate of drug-likeness (QED) is 0.640. The number of nitrogens with zero attached hydrogens (tertiary/aromatic N) is 1. The minimum atomic E-state index is -0.529. The standard InChI is InChI=1S/C14H30N2O2/c1-14(2,17)6-10-16-8-4-13(5-9-16)12-15-7-11-18-3/h13,15,17H,4-12H2,1-3H3. The fraction of sp³-hybridized carbons (Fsp3) is 1.00. The topological polar surface area (TPSA) is 44.7 Å². The molecule has 0 unspecified atom stereocenters. The molecule has 0 aromatic rings. The maximum atomic E-state index is 9.72. The van der Waals surface area contributed by atoms with Crippen LogP contribution in [0.15, 0.2) is 0 Å². The molecule has 0 atom stereocenters. The van der Waals surface area contributed by atoms with E-state index in [2.05, 4.69) is 10.2 Å². The van der Waals surface area contributed by atoms with Crippen LogP contribution in [0.25, 0.3) is 0 Å². The van der Waals surface area contributed by atoms with E-state index in [0.29, 0.717) is 0 Å². The molecule has 0 spiro atoms. The van der Waals surface area contributed by atoms with E-state index in [1.54, 1.807) is 7.11 Å². The first kappa shape index (κ1) is 15.9. The summed E-state index contributed by atoms with van der Waals surface area (Å²) in [4.78, 5) is 2.48. The first-order chi connectivity index (χ1) is 8.51. The molecule has 1 aliphatic rings. The van der Waals surface area contributed by atoms with E-state index in [9.17, 15) is 5.11 Å². The summed E-state index contributed by atoms with van der Waals surface area (Å²) in [6.07, 6.45) is 3.40. The Balaban J connectivity index is 2.05. The molecule has 1 saturated heterocycles. The van der Waals surface area contributed by atoms with Crippen LogP contribution in [0.5, 0.6) is 0 Å². The van der Waals surface area contributed by atoms with Crippen LogP contribution in [-0.2, 0) is 4.74 Å². The molecular weight excluding hydrogens is 228 g/mol. The van der Waals surface area contributed by atoms with Crippen LogP contribution in [0.1, 0.15) is 33.1 Å². The lowest BCUT2D eigenvalue weighted by atomic mass is 9.96. The highest BCUT2D eigenvalue weighted by atomic mass is 16.5. The van der Waals surface area contributed by atoms with Crippen molar-refractivity contribution >= 4 is 0 Å². The van der Waals surface area contributed by atoms with Gasteiger partial charge in [0.1, 0.15) is 0 Å². The summed E-state index contributed by atoms with van der Waals surface area (Å²) in [5.41, 5.74) is -0.529. The second-order valence-corrected chi connectivity index (χ2v) is 6.04. The molecule has 4 heteroatoms. The van der Waals surface area contributed by atoms with Gasteiger partial charge in [-0.1, -0.05) is 0 Å². The smallest absolute Gasteiger partial charge is 0.0603 e. The Morgan fingerprint density at radius 2 is 2.00 bits per heavy atom. The fourth-order valence-electron chi connectivity index (χ4n) is 2.33. The van der Waals surface area contributed by atoms with Gasteiger partial charge >= 0.3 is 0 Å². The van der Waals surface area contributed by atoms with E-state index < -0.39 is 5.60 Å². The van der Waals surface area contributed by atoms with Gasteiger partial charge in [0, 0.05) is 20.2 Å². The minimum Gasteiger partial charge on any atom is -0.390 e. The summed E-state index contributed by atoms with van der Waals surface area (Å²) >= 11 is 0. The fourth-order valence-corrected chi connectivity index (χ4v) is 2.33. The molecule has 4 nitrogen and oxygen atoms in total. The number of nitrogens with one attached hydrogen (secondary N) is 1. The van der Waals surface area contributed by atoms with E-state index in [-0.39, 0.29) is 0 Å². The maximum Gasteiger partial charge on any atom is 0.0603 e. The SMILES string of the molecule is COCCNCC1CCN(CCC(C)(C)O)CC1. The summed E-state index contributed by atoms with van der Waals surface area (Å²) in [7, 11) is 1.74. The van der Waals surface area contributed by atoms with E-state index in [0.717, 1.165) is 38.6 Å². The zero-order valence-electron chi connectivity index (χ0n) is 12.2. The van der Waals surface area contributed by atoms with Crippen LogP contribution in [0.3, 0.4) is 0 Å². The first-order valence-corrected chi connectivity index (χ1v) is 7.15. The van der Waals surface area contributed by atoms with E-state index in [1.165, 1.54) is 25.9 Å². The molecule has 0 amide bonds. The van der Waals surface area contributed by atoms with Crippen LogP contribution in [0, 0.1) is 5.92 Å². The van der Waals surface area contributed by atoms with Crippen molar-refractivity contribution in [1.29, 1.82) is 0 Å². The number of likely N-dealkylation sites (tertiary alicyclic amines) is 1.